The molecule has 7 nitrogen and oxygen atoms in total. The predicted molar refractivity (Wildman–Crippen MR) is 221 cm³/mol. The van der Waals surface area contributed by atoms with Gasteiger partial charge in [0.2, 0.25) is 0 Å². The molecule has 0 saturated heterocycles. The van der Waals surface area contributed by atoms with Gasteiger partial charge in [-0.05, 0) is 0 Å². The van der Waals surface area contributed by atoms with E-state index >= 15 is 59.4 Å². The van der Waals surface area contributed by atoms with Gasteiger partial charge in [-0.3, -0.25) is 0 Å². The van der Waals surface area contributed by atoms with Gasteiger partial charge in [0.05, 0.1) is 0 Å². The van der Waals surface area contributed by atoms with E-state index in [4.69, 9.17) is 0 Å². The number of aliphatic hydroxyl groups is 6. The van der Waals surface area contributed by atoms with Crippen LogP contribution >= 0.6 is 35.9 Å². The molecule has 0 radical (unpaired) electrons. The zero-order valence-electron chi connectivity index (χ0n) is 32.3. The number of hydrogen-bond acceptors (Lipinski definition) is 10. The number of rotatable bonds is 16. The third-order valence-corrected chi connectivity index (χ3v) is 67.6. The van der Waals surface area contributed by atoms with Crippen LogP contribution in [0.25, 0.3) is 0 Å². The molecule has 0 bridgehead atoms. The summed E-state index contributed by atoms with van der Waals surface area (Å²) in [5, 5.41) is 84.0. The fourth-order valence-electron chi connectivity index (χ4n) is 9.84. The minimum atomic E-state index is -11.5. The van der Waals surface area contributed by atoms with Crippen molar-refractivity contribution in [1.82, 2.24) is 0 Å². The first-order valence-corrected chi connectivity index (χ1v) is 32.3. The minimum absolute atomic E-state index is 0.370. The summed E-state index contributed by atoms with van der Waals surface area (Å²) in [6.07, 6.45) is -35.7. The number of benzene rings is 3. The average molecular weight is 1110 g/mol. The van der Waals surface area contributed by atoms with E-state index in [9.17, 15) is 15.3 Å². The summed E-state index contributed by atoms with van der Waals surface area (Å²) in [6, 6.07) is 22.2. The fraction of sp³-hybridized carbons (Fsp3) is 0.286. The van der Waals surface area contributed by atoms with Gasteiger partial charge in [0.15, 0.2) is 0 Å². The molecule has 3 heterocycles. The summed E-state index contributed by atoms with van der Waals surface area (Å²) in [4.78, 5) is -2.51. The van der Waals surface area contributed by atoms with Crippen molar-refractivity contribution in [3.8, 4) is 0 Å². The van der Waals surface area contributed by atoms with Crippen LogP contribution in [-0.2, 0) is 4.55 Å². The molecular weight excluding hydrogens is 1070 g/mol. The molecule has 6 rings (SSSR count). The normalized spacial score (nSPS) is 19.3. The standard InChI is InChI=1S/3C8H8F3O2S.3C6H5.Eu.OP/c3*9-8(10,11)7(13)4-5(12)6-2-1-3-14-6;3*1-2-4-6-5-3-1;;1-2/h3*1-3,7,12-13H,4H2;3*1-5H;;/q;;;;;;+1;-1. The van der Waals surface area contributed by atoms with Crippen molar-refractivity contribution in [3.63, 3.8) is 0 Å². The molecule has 3 aromatic heterocycles. The van der Waals surface area contributed by atoms with Crippen LogP contribution in [-0.4, -0.2) is 67.5 Å². The van der Waals surface area contributed by atoms with E-state index in [0.717, 1.165) is 125 Å². The second-order valence-electron chi connectivity index (χ2n) is 14.9. The average Bonchev–Trinajstić information content (AvgIpc) is 4.08. The summed E-state index contributed by atoms with van der Waals surface area (Å²) in [5.41, 5.74) is 0. The number of aliphatic hydroxyl groups excluding tert-OH is 3. The van der Waals surface area contributed by atoms with Crippen LogP contribution in [0.15, 0.2) is 144 Å². The van der Waals surface area contributed by atoms with Crippen LogP contribution < -0.4 is -0.127 Å². The van der Waals surface area contributed by atoms with Crippen molar-refractivity contribution >= 4 is 35.8 Å². The Hall–Kier alpha value is -2.43. The molecule has 6 atom stereocenters. The number of alkyl halides is 9. The fourth-order valence-corrected chi connectivity index (χ4v) is 70.0. The van der Waals surface area contributed by atoms with Gasteiger partial charge in [0.25, 0.3) is 0 Å². The molecule has 6 unspecified atom stereocenters. The van der Waals surface area contributed by atoms with Gasteiger partial charge in [-0.25, -0.2) is 0 Å². The summed E-state index contributed by atoms with van der Waals surface area (Å²) in [7, 11) is 0. The maximum absolute atomic E-state index is 17.1. The van der Waals surface area contributed by atoms with Crippen molar-refractivity contribution in [2.24, 2.45) is 0 Å². The maximum atomic E-state index is 17.1. The van der Waals surface area contributed by atoms with Gasteiger partial charge in [-0.1, -0.05) is 0 Å². The van der Waals surface area contributed by atoms with E-state index in [1.165, 1.54) is 18.2 Å². The number of hydrogen-bond donors (Lipinski definition) is 6. The molecule has 0 aliphatic rings. The first-order valence-electron chi connectivity index (χ1n) is 18.5. The van der Waals surface area contributed by atoms with Gasteiger partial charge in [-0.2, -0.15) is 0 Å². The second kappa shape index (κ2) is 16.1. The van der Waals surface area contributed by atoms with Crippen molar-refractivity contribution in [2.45, 2.75) is 56.1 Å². The van der Waals surface area contributed by atoms with Crippen LogP contribution in [0.4, 0.5) is 39.5 Å². The van der Waals surface area contributed by atoms with E-state index in [1.807, 2.05) is 0 Å². The van der Waals surface area contributed by atoms with Crippen LogP contribution in [0.5, 0.6) is 0 Å². The predicted octanol–water partition coefficient (Wildman–Crippen LogP) is 8.59. The molecule has 0 fully saturated rings. The Labute approximate surface area is 353 Å². The summed E-state index contributed by atoms with van der Waals surface area (Å²) >= 11 is -10.4. The van der Waals surface area contributed by atoms with Crippen molar-refractivity contribution < 1.29 is 107 Å². The zero-order chi connectivity index (χ0) is 46.5. The molecule has 3 aromatic carbocycles. The molecule has 21 heteroatoms. The first kappa shape index (κ1) is 50.0. The van der Waals surface area contributed by atoms with Crippen LogP contribution in [0, 0.1) is 32.0 Å². The Morgan fingerprint density at radius 2 is 0.667 bits per heavy atom. The van der Waals surface area contributed by atoms with Crippen LogP contribution in [0.3, 0.4) is 0 Å². The number of halogens is 9. The molecular formula is C42H39EuF9O7PS3. The Kier molecular flexibility index (Phi) is 12.8. The van der Waals surface area contributed by atoms with E-state index < -0.39 is 104 Å². The van der Waals surface area contributed by atoms with Gasteiger partial charge in [0, 0.05) is 0 Å². The molecule has 6 aromatic rings. The Morgan fingerprint density at radius 1 is 0.429 bits per heavy atom. The van der Waals surface area contributed by atoms with Crippen LogP contribution in [0.1, 0.15) is 33.9 Å². The number of thiophene rings is 3. The van der Waals surface area contributed by atoms with Gasteiger partial charge in [-0.15, -0.1) is 0 Å². The Bertz CT molecular complexity index is 2250. The van der Waals surface area contributed by atoms with Crippen LogP contribution in [0.2, 0.25) is 0 Å². The summed E-state index contributed by atoms with van der Waals surface area (Å²) in [6.45, 7) is 0. The molecule has 342 valence electrons. The SMILES string of the molecule is O=[P][Eu]([c]1ccccc1)([c]1ccccc1)([c]1ccccc1)([C](O)(CC(O)C(F)(F)F)c1cccs1)([C](O)(CC(O)C(F)(F)F)c1cccs1)[C](O)(CC(O)C(F)(F)F)c1cccs1. The molecule has 0 aliphatic heterocycles. The Balaban J connectivity index is 2.37. The van der Waals surface area contributed by atoms with Crippen molar-refractivity contribution in [1.29, 1.82) is 0 Å². The van der Waals surface area contributed by atoms with E-state index in [2.05, 4.69) is 0 Å². The van der Waals surface area contributed by atoms with E-state index in [-0.39, 0.29) is 0 Å². The van der Waals surface area contributed by atoms with Gasteiger partial charge >= 0.3 is 357 Å². The third kappa shape index (κ3) is 5.49. The molecule has 63 heavy (non-hydrogen) atoms. The zero-order valence-corrected chi connectivity index (χ0v) is 38.0. The summed E-state index contributed by atoms with van der Waals surface area (Å²) < 4.78 is 139. The quantitative estimate of drug-likeness (QED) is 0.0422. The second-order valence-corrected chi connectivity index (χ2v) is 49.3. The monoisotopic (exact) mass is 1110 g/mol. The molecule has 0 spiro atoms. The van der Waals surface area contributed by atoms with E-state index in [1.54, 1.807) is 0 Å². The molecule has 6 N–H and O–H groups in total. The molecule has 0 amide bonds. The molecule has 0 aliphatic carbocycles. The third-order valence-electron chi connectivity index (χ3n) is 12.3. The first-order chi connectivity index (χ1) is 29.3. The van der Waals surface area contributed by atoms with Crippen molar-refractivity contribution in [3.05, 3.63) is 158 Å². The van der Waals surface area contributed by atoms with Crippen molar-refractivity contribution in [2.75, 3.05) is 0 Å². The van der Waals surface area contributed by atoms with Gasteiger partial charge in [0.1, 0.15) is 0 Å². The molecule has 0 saturated carbocycles. The summed E-state index contributed by atoms with van der Waals surface area (Å²) in [5.74, 6) is 0. The van der Waals surface area contributed by atoms with E-state index in [0.29, 0.717) is 34.0 Å². The van der Waals surface area contributed by atoms with Gasteiger partial charge < -0.3 is 0 Å². The Morgan fingerprint density at radius 3 is 0.841 bits per heavy atom. The topological polar surface area (TPSA) is 138 Å².